The summed E-state index contributed by atoms with van der Waals surface area (Å²) in [7, 11) is 0. The Morgan fingerprint density at radius 3 is 2.68 bits per heavy atom. The van der Waals surface area contributed by atoms with Gasteiger partial charge in [0.1, 0.15) is 11.3 Å². The van der Waals surface area contributed by atoms with E-state index in [1.165, 1.54) is 6.07 Å². The second-order valence-electron chi connectivity index (χ2n) is 6.00. The Balaban J connectivity index is 1.82. The standard InChI is InChI=1S/C22H20O6/c1-2-3-4-8-13-26-16-11-12-17-18(14-16)27-22(25)20(19(17)23)28-21(24)15-9-6-5-7-10-15/h3-7,9-12,14,23H,2,8,13H2,1H3/b4-3+. The summed E-state index contributed by atoms with van der Waals surface area (Å²) in [6, 6.07) is 12.9. The Morgan fingerprint density at radius 2 is 1.93 bits per heavy atom. The van der Waals surface area contributed by atoms with Crippen molar-refractivity contribution in [3.05, 3.63) is 76.7 Å². The number of carbonyl (C=O) groups is 1. The summed E-state index contributed by atoms with van der Waals surface area (Å²) < 4.78 is 15.9. The quantitative estimate of drug-likeness (QED) is 0.282. The van der Waals surface area contributed by atoms with E-state index in [1.807, 2.05) is 6.08 Å². The van der Waals surface area contributed by atoms with E-state index in [-0.39, 0.29) is 16.5 Å². The van der Waals surface area contributed by atoms with E-state index in [0.717, 1.165) is 12.8 Å². The number of hydrogen-bond donors (Lipinski definition) is 1. The lowest BCUT2D eigenvalue weighted by atomic mass is 10.2. The molecular weight excluding hydrogens is 360 g/mol. The predicted molar refractivity (Wildman–Crippen MR) is 105 cm³/mol. The summed E-state index contributed by atoms with van der Waals surface area (Å²) in [5, 5.41) is 10.6. The van der Waals surface area contributed by atoms with Crippen molar-refractivity contribution in [1.29, 1.82) is 0 Å². The van der Waals surface area contributed by atoms with E-state index in [2.05, 4.69) is 13.0 Å². The van der Waals surface area contributed by atoms with Gasteiger partial charge in [-0.2, -0.15) is 0 Å². The molecule has 3 aromatic rings. The number of allylic oxidation sites excluding steroid dienone is 1. The van der Waals surface area contributed by atoms with Crippen molar-refractivity contribution in [2.75, 3.05) is 6.61 Å². The average molecular weight is 380 g/mol. The van der Waals surface area contributed by atoms with Crippen molar-refractivity contribution in [2.24, 2.45) is 0 Å². The van der Waals surface area contributed by atoms with E-state index < -0.39 is 23.1 Å². The molecule has 1 N–H and O–H groups in total. The molecule has 144 valence electrons. The Kier molecular flexibility index (Phi) is 6.11. The molecular formula is C22H20O6. The first-order chi connectivity index (χ1) is 13.6. The zero-order valence-electron chi connectivity index (χ0n) is 15.4. The molecule has 0 aliphatic carbocycles. The molecule has 0 aliphatic rings. The fraction of sp³-hybridized carbons (Fsp3) is 0.182. The van der Waals surface area contributed by atoms with Crippen molar-refractivity contribution < 1.29 is 23.8 Å². The third-order valence-electron chi connectivity index (χ3n) is 3.97. The van der Waals surface area contributed by atoms with Crippen LogP contribution in [-0.2, 0) is 0 Å². The van der Waals surface area contributed by atoms with Gasteiger partial charge >= 0.3 is 11.6 Å². The van der Waals surface area contributed by atoms with E-state index in [0.29, 0.717) is 12.4 Å². The van der Waals surface area contributed by atoms with Gasteiger partial charge in [0, 0.05) is 6.07 Å². The molecule has 0 amide bonds. The topological polar surface area (TPSA) is 86.0 Å². The molecule has 0 unspecified atom stereocenters. The van der Waals surface area contributed by atoms with E-state index >= 15 is 0 Å². The summed E-state index contributed by atoms with van der Waals surface area (Å²) in [5.74, 6) is -1.25. The highest BCUT2D eigenvalue weighted by molar-refractivity contribution is 5.93. The third-order valence-corrected chi connectivity index (χ3v) is 3.97. The molecule has 0 aliphatic heterocycles. The normalized spacial score (nSPS) is 11.0. The van der Waals surface area contributed by atoms with Crippen LogP contribution < -0.4 is 15.1 Å². The molecule has 1 heterocycles. The maximum absolute atomic E-state index is 12.2. The number of esters is 1. The molecule has 6 nitrogen and oxygen atoms in total. The van der Waals surface area contributed by atoms with Crippen LogP contribution >= 0.6 is 0 Å². The molecule has 6 heteroatoms. The maximum atomic E-state index is 12.2. The van der Waals surface area contributed by atoms with Crippen LogP contribution in [0.15, 0.2) is 69.9 Å². The number of fused-ring (bicyclic) bond motifs is 1. The summed E-state index contributed by atoms with van der Waals surface area (Å²) in [6.07, 6.45) is 5.81. The largest absolute Gasteiger partial charge is 0.504 e. The van der Waals surface area contributed by atoms with E-state index in [9.17, 15) is 14.7 Å². The molecule has 0 saturated heterocycles. The molecule has 3 rings (SSSR count). The van der Waals surface area contributed by atoms with Gasteiger partial charge in [-0.05, 0) is 37.1 Å². The SMILES string of the molecule is CC/C=C/CCOc1ccc2c(O)c(OC(=O)c3ccccc3)c(=O)oc2c1. The zero-order valence-corrected chi connectivity index (χ0v) is 15.4. The zero-order chi connectivity index (χ0) is 19.9. The summed E-state index contributed by atoms with van der Waals surface area (Å²) in [6.45, 7) is 2.53. The smallest absolute Gasteiger partial charge is 0.383 e. The van der Waals surface area contributed by atoms with Crippen LogP contribution in [0.3, 0.4) is 0 Å². The number of benzene rings is 2. The average Bonchev–Trinajstić information content (AvgIpc) is 2.71. The van der Waals surface area contributed by atoms with Crippen molar-refractivity contribution in [1.82, 2.24) is 0 Å². The van der Waals surface area contributed by atoms with Crippen LogP contribution in [0.1, 0.15) is 30.1 Å². The van der Waals surface area contributed by atoms with Crippen LogP contribution in [0.5, 0.6) is 17.2 Å². The minimum Gasteiger partial charge on any atom is -0.504 e. The van der Waals surface area contributed by atoms with Crippen LogP contribution in [-0.4, -0.2) is 17.7 Å². The molecule has 0 radical (unpaired) electrons. The van der Waals surface area contributed by atoms with Crippen LogP contribution in [0, 0.1) is 0 Å². The van der Waals surface area contributed by atoms with Crippen molar-refractivity contribution >= 4 is 16.9 Å². The van der Waals surface area contributed by atoms with Crippen molar-refractivity contribution in [2.45, 2.75) is 19.8 Å². The Hall–Kier alpha value is -3.54. The Morgan fingerprint density at radius 1 is 1.14 bits per heavy atom. The van der Waals surface area contributed by atoms with Gasteiger partial charge in [-0.3, -0.25) is 0 Å². The fourth-order valence-electron chi connectivity index (χ4n) is 2.58. The van der Waals surface area contributed by atoms with Crippen molar-refractivity contribution in [3.63, 3.8) is 0 Å². The van der Waals surface area contributed by atoms with Crippen LogP contribution in [0.4, 0.5) is 0 Å². The Bertz CT molecular complexity index is 1050. The molecule has 0 atom stereocenters. The summed E-state index contributed by atoms with van der Waals surface area (Å²) in [4.78, 5) is 24.4. The van der Waals surface area contributed by atoms with Crippen LogP contribution in [0.2, 0.25) is 0 Å². The highest BCUT2D eigenvalue weighted by Crippen LogP contribution is 2.33. The lowest BCUT2D eigenvalue weighted by Gasteiger charge is -2.09. The van der Waals surface area contributed by atoms with Gasteiger partial charge in [-0.1, -0.05) is 37.3 Å². The molecule has 0 fully saturated rings. The summed E-state index contributed by atoms with van der Waals surface area (Å²) in [5.41, 5.74) is -0.553. The molecule has 0 spiro atoms. The second-order valence-corrected chi connectivity index (χ2v) is 6.00. The van der Waals surface area contributed by atoms with Crippen LogP contribution in [0.25, 0.3) is 11.0 Å². The first-order valence-corrected chi connectivity index (χ1v) is 8.95. The van der Waals surface area contributed by atoms with Gasteiger partial charge < -0.3 is 19.0 Å². The molecule has 0 bridgehead atoms. The number of ether oxygens (including phenoxy) is 2. The van der Waals surface area contributed by atoms with Gasteiger partial charge in [-0.15, -0.1) is 0 Å². The number of hydrogen-bond acceptors (Lipinski definition) is 6. The van der Waals surface area contributed by atoms with Gasteiger partial charge in [0.05, 0.1) is 17.6 Å². The maximum Gasteiger partial charge on any atom is 0.383 e. The second kappa shape index (κ2) is 8.90. The number of rotatable bonds is 7. The first-order valence-electron chi connectivity index (χ1n) is 8.95. The lowest BCUT2D eigenvalue weighted by molar-refractivity contribution is 0.0723. The van der Waals surface area contributed by atoms with Gasteiger partial charge in [-0.25, -0.2) is 9.59 Å². The number of carbonyl (C=O) groups excluding carboxylic acids is 1. The molecule has 0 saturated carbocycles. The summed E-state index contributed by atoms with van der Waals surface area (Å²) >= 11 is 0. The first kappa shape index (κ1) is 19.2. The highest BCUT2D eigenvalue weighted by atomic mass is 16.6. The Labute approximate surface area is 161 Å². The predicted octanol–water partition coefficient (Wildman–Crippen LogP) is 4.45. The van der Waals surface area contributed by atoms with Gasteiger partial charge in [0.25, 0.3) is 5.75 Å². The van der Waals surface area contributed by atoms with Gasteiger partial charge in [0.15, 0.2) is 5.75 Å². The molecule has 28 heavy (non-hydrogen) atoms. The third kappa shape index (κ3) is 4.40. The minimum atomic E-state index is -0.947. The minimum absolute atomic E-state index is 0.142. The van der Waals surface area contributed by atoms with Crippen molar-refractivity contribution in [3.8, 4) is 17.2 Å². The monoisotopic (exact) mass is 380 g/mol. The highest BCUT2D eigenvalue weighted by Gasteiger charge is 2.20. The molecule has 1 aromatic heterocycles. The van der Waals surface area contributed by atoms with E-state index in [4.69, 9.17) is 13.9 Å². The van der Waals surface area contributed by atoms with Gasteiger partial charge in [0.2, 0.25) is 0 Å². The molecule has 2 aromatic carbocycles. The number of aromatic hydroxyl groups is 1. The van der Waals surface area contributed by atoms with E-state index in [1.54, 1.807) is 42.5 Å². The lowest BCUT2D eigenvalue weighted by Crippen LogP contribution is -2.14. The fourth-order valence-corrected chi connectivity index (χ4v) is 2.58.